The number of para-hydroxylation sites is 4. The number of carbonyl (C=O) groups excluding carboxylic acids is 4. The number of aryl methyl sites for hydroxylation is 2. The van der Waals surface area contributed by atoms with Crippen LogP contribution in [0, 0.1) is 0 Å². The molecule has 0 bridgehead atoms. The number of hydrogen-bond acceptors (Lipinski definition) is 10. The highest BCUT2D eigenvalue weighted by molar-refractivity contribution is 6.35. The second-order valence-corrected chi connectivity index (χ2v) is 22.2. The van der Waals surface area contributed by atoms with Gasteiger partial charge in [0, 0.05) is 97.4 Å². The van der Waals surface area contributed by atoms with Gasteiger partial charge >= 0.3 is 0 Å². The number of carbonyl (C=O) groups is 4. The number of hydrogen-bond donors (Lipinski definition) is 4. The van der Waals surface area contributed by atoms with Crippen LogP contribution in [0.15, 0.2) is 72.8 Å². The van der Waals surface area contributed by atoms with Crippen molar-refractivity contribution in [1.82, 2.24) is 21.3 Å². The minimum absolute atomic E-state index is 0.106. The zero-order valence-corrected chi connectivity index (χ0v) is 44.8. The zero-order chi connectivity index (χ0) is 51.4. The van der Waals surface area contributed by atoms with E-state index in [1.807, 2.05) is 58.3 Å². The molecule has 18 heteroatoms. The number of fused-ring (bicyclic) bond motifs is 2. The lowest BCUT2D eigenvalue weighted by atomic mass is 10.1. The molecule has 10 rings (SSSR count). The molecule has 0 spiro atoms. The SMILES string of the molecule is O=C(CCc1cc(Cl)c(CNC2(C(=O)N3CCN(C4CC4)c4ccccc43)CC2)cc1Cl)NCCOCCOCCNC(=O)CCc1cc(Cl)c(CNC2(C(=O)N3CCN(C4CC4)c4ccccc43)CC2)cc1Cl. The van der Waals surface area contributed by atoms with Crippen LogP contribution < -0.4 is 40.9 Å². The molecule has 0 radical (unpaired) electrons. The van der Waals surface area contributed by atoms with Crippen LogP contribution in [0.5, 0.6) is 0 Å². The van der Waals surface area contributed by atoms with E-state index in [-0.39, 0.29) is 36.5 Å². The fourth-order valence-corrected chi connectivity index (χ4v) is 11.4. The quantitative estimate of drug-likeness (QED) is 0.0478. The highest BCUT2D eigenvalue weighted by Gasteiger charge is 2.54. The Bertz CT molecular complexity index is 2550. The monoisotopic (exact) mass is 1090 g/mol. The van der Waals surface area contributed by atoms with E-state index in [0.29, 0.717) is 111 Å². The van der Waals surface area contributed by atoms with Gasteiger partial charge in [0.2, 0.25) is 23.6 Å². The number of nitrogens with zero attached hydrogens (tertiary/aromatic N) is 4. The van der Waals surface area contributed by atoms with Crippen LogP contribution in [0.3, 0.4) is 0 Å². The summed E-state index contributed by atoms with van der Waals surface area (Å²) in [4.78, 5) is 62.0. The van der Waals surface area contributed by atoms with Crippen molar-refractivity contribution in [3.8, 4) is 0 Å². The average molecular weight is 1090 g/mol. The average Bonchev–Trinajstić information content (AvgIpc) is 4.17. The summed E-state index contributed by atoms with van der Waals surface area (Å²) in [5.74, 6) is -0.0404. The molecule has 0 saturated heterocycles. The number of halogens is 4. The van der Waals surface area contributed by atoms with E-state index in [1.54, 1.807) is 0 Å². The minimum Gasteiger partial charge on any atom is -0.377 e. The minimum atomic E-state index is -0.618. The molecule has 4 amide bonds. The van der Waals surface area contributed by atoms with Gasteiger partial charge in [0.15, 0.2) is 0 Å². The van der Waals surface area contributed by atoms with Gasteiger partial charge in [-0.25, -0.2) is 0 Å². The van der Waals surface area contributed by atoms with Crippen LogP contribution in [0.1, 0.15) is 86.5 Å². The molecular weight excluding hydrogens is 1020 g/mol. The van der Waals surface area contributed by atoms with Gasteiger partial charge in [-0.2, -0.15) is 0 Å². The molecular formula is C56H66Cl4N8O6. The second kappa shape index (κ2) is 23.3. The van der Waals surface area contributed by atoms with Crippen LogP contribution in [0.25, 0.3) is 0 Å². The standard InChI is InChI=1S/C56H66Cl4N8O6/c57-43-33-39(35-63-55(17-18-55)53(71)67-25-23-65(41-11-12-41)47-5-1-3-7-49(47)67)45(59)31-37(43)9-15-51(69)61-21-27-73-29-30-74-28-22-62-52(70)16-10-38-32-46(60)40(34-44(38)58)36-64-56(19-20-56)54(72)68-26-24-66(42-13-14-42)48-6-2-4-8-50(48)68/h1-8,31-34,41-42,63-64H,9-30,35-36H2,(H,61,69)(H,62,70). The summed E-state index contributed by atoms with van der Waals surface area (Å²) in [6.07, 6.45) is 9.24. The zero-order valence-electron chi connectivity index (χ0n) is 41.8. The molecule has 0 aromatic heterocycles. The molecule has 4 aliphatic carbocycles. The molecule has 14 nitrogen and oxygen atoms in total. The lowest BCUT2D eigenvalue weighted by Gasteiger charge is -2.39. The molecule has 6 aliphatic rings. The van der Waals surface area contributed by atoms with Crippen LogP contribution in [-0.4, -0.2) is 112 Å². The van der Waals surface area contributed by atoms with Gasteiger partial charge in [-0.05, 0) is 135 Å². The van der Waals surface area contributed by atoms with E-state index < -0.39 is 11.1 Å². The van der Waals surface area contributed by atoms with E-state index in [1.165, 1.54) is 25.7 Å². The smallest absolute Gasteiger partial charge is 0.247 e. The summed E-state index contributed by atoms with van der Waals surface area (Å²) in [5.41, 5.74) is 6.20. The van der Waals surface area contributed by atoms with E-state index in [0.717, 1.165) is 83.8 Å². The van der Waals surface area contributed by atoms with Crippen LogP contribution in [0.4, 0.5) is 22.7 Å². The van der Waals surface area contributed by atoms with Crippen molar-refractivity contribution < 1.29 is 28.7 Å². The molecule has 0 unspecified atom stereocenters. The molecule has 4 fully saturated rings. The number of ether oxygens (including phenoxy) is 2. The second-order valence-electron chi connectivity index (χ2n) is 20.6. The maximum atomic E-state index is 14.0. The summed E-state index contributed by atoms with van der Waals surface area (Å²) in [5, 5.41) is 14.9. The highest BCUT2D eigenvalue weighted by atomic mass is 35.5. The van der Waals surface area contributed by atoms with Crippen molar-refractivity contribution in [2.45, 2.75) is 113 Å². The molecule has 2 aliphatic heterocycles. The summed E-state index contributed by atoms with van der Waals surface area (Å²) >= 11 is 26.9. The van der Waals surface area contributed by atoms with Crippen molar-refractivity contribution >= 4 is 92.8 Å². The first-order valence-corrected chi connectivity index (χ1v) is 27.9. The number of benzene rings is 4. The Labute approximate surface area is 454 Å². The van der Waals surface area contributed by atoms with Crippen LogP contribution in [0.2, 0.25) is 20.1 Å². The third kappa shape index (κ3) is 12.4. The lowest BCUT2D eigenvalue weighted by Crippen LogP contribution is -2.53. The first kappa shape index (κ1) is 52.8. The Balaban J connectivity index is 0.564. The van der Waals surface area contributed by atoms with Crippen molar-refractivity contribution in [2.75, 3.05) is 85.3 Å². The molecule has 4 aromatic carbocycles. The van der Waals surface area contributed by atoms with Crippen LogP contribution >= 0.6 is 46.4 Å². The third-order valence-electron chi connectivity index (χ3n) is 15.3. The van der Waals surface area contributed by atoms with Crippen molar-refractivity contribution in [2.24, 2.45) is 0 Å². The summed E-state index contributed by atoms with van der Waals surface area (Å²) in [6, 6.07) is 24.9. The third-order valence-corrected chi connectivity index (χ3v) is 16.7. The van der Waals surface area contributed by atoms with Gasteiger partial charge in [-0.3, -0.25) is 29.8 Å². The first-order valence-electron chi connectivity index (χ1n) is 26.4. The Hall–Kier alpha value is -4.64. The maximum Gasteiger partial charge on any atom is 0.247 e. The molecule has 4 saturated carbocycles. The number of amides is 4. The number of rotatable bonds is 25. The summed E-state index contributed by atoms with van der Waals surface area (Å²) < 4.78 is 11.2. The number of anilines is 4. The van der Waals surface area contributed by atoms with Gasteiger partial charge in [0.25, 0.3) is 0 Å². The van der Waals surface area contributed by atoms with Crippen LogP contribution in [-0.2, 0) is 54.6 Å². The predicted octanol–water partition coefficient (Wildman–Crippen LogP) is 8.41. The Kier molecular flexibility index (Phi) is 16.6. The van der Waals surface area contributed by atoms with Gasteiger partial charge in [-0.1, -0.05) is 70.7 Å². The summed E-state index contributed by atoms with van der Waals surface area (Å²) in [7, 11) is 0. The first-order chi connectivity index (χ1) is 35.9. The fourth-order valence-electron chi connectivity index (χ4n) is 10.4. The van der Waals surface area contributed by atoms with Gasteiger partial charge in [-0.15, -0.1) is 0 Å². The Morgan fingerprint density at radius 2 is 0.865 bits per heavy atom. The molecule has 2 heterocycles. The Morgan fingerprint density at radius 1 is 0.500 bits per heavy atom. The van der Waals surface area contributed by atoms with Crippen molar-refractivity contribution in [3.63, 3.8) is 0 Å². The fraction of sp³-hybridized carbons (Fsp3) is 0.500. The molecule has 0 atom stereocenters. The Morgan fingerprint density at radius 3 is 1.24 bits per heavy atom. The topological polar surface area (TPSA) is 148 Å². The van der Waals surface area contributed by atoms with Gasteiger partial charge in [0.1, 0.15) is 0 Å². The summed E-state index contributed by atoms with van der Waals surface area (Å²) in [6.45, 7) is 5.87. The highest BCUT2D eigenvalue weighted by Crippen LogP contribution is 2.46. The van der Waals surface area contributed by atoms with Crippen molar-refractivity contribution in [3.05, 3.63) is 115 Å². The molecule has 74 heavy (non-hydrogen) atoms. The van der Waals surface area contributed by atoms with Crippen molar-refractivity contribution in [1.29, 1.82) is 0 Å². The maximum absolute atomic E-state index is 14.0. The lowest BCUT2D eigenvalue weighted by molar-refractivity contribution is -0.122. The van der Waals surface area contributed by atoms with E-state index >= 15 is 0 Å². The van der Waals surface area contributed by atoms with Gasteiger partial charge < -0.3 is 39.7 Å². The largest absolute Gasteiger partial charge is 0.377 e. The van der Waals surface area contributed by atoms with E-state index in [4.69, 9.17) is 55.9 Å². The van der Waals surface area contributed by atoms with Gasteiger partial charge in [0.05, 0.1) is 60.3 Å². The van der Waals surface area contributed by atoms with E-state index in [2.05, 4.69) is 55.3 Å². The van der Waals surface area contributed by atoms with E-state index in [9.17, 15) is 19.2 Å². The normalized spacial score (nSPS) is 18.2. The molecule has 394 valence electrons. The molecule has 4 N–H and O–H groups in total. The number of nitrogens with one attached hydrogen (secondary N) is 4. The molecule has 4 aromatic rings. The predicted molar refractivity (Wildman–Crippen MR) is 293 cm³/mol.